The van der Waals surface area contributed by atoms with Crippen LogP contribution in [-0.2, 0) is 0 Å². The van der Waals surface area contributed by atoms with Crippen molar-refractivity contribution in [2.75, 3.05) is 20.6 Å². The van der Waals surface area contributed by atoms with Crippen molar-refractivity contribution in [1.29, 1.82) is 0 Å². The molecule has 4 nitrogen and oxygen atoms in total. The summed E-state index contributed by atoms with van der Waals surface area (Å²) in [5, 5.41) is 2.74. The molecular weight excluding hydrogens is 254 g/mol. The molecule has 0 heterocycles. The van der Waals surface area contributed by atoms with Gasteiger partial charge in [0.15, 0.2) is 0 Å². The van der Waals surface area contributed by atoms with Gasteiger partial charge in [-0.15, -0.1) is 0 Å². The van der Waals surface area contributed by atoms with E-state index in [1.807, 2.05) is 25.9 Å². The number of carbonyl (C=O) groups excluding carboxylic acids is 1. The number of hydrogen-bond donors (Lipinski definition) is 1. The van der Waals surface area contributed by atoms with Gasteiger partial charge in [-0.3, -0.25) is 4.79 Å². The molecule has 6 heteroatoms. The zero-order valence-electron chi connectivity index (χ0n) is 11.2. The molecular formula is C13H18F2N2O2. The van der Waals surface area contributed by atoms with Gasteiger partial charge in [0.1, 0.15) is 5.75 Å². The summed E-state index contributed by atoms with van der Waals surface area (Å²) in [5.41, 5.74) is 0.295. The molecule has 0 aliphatic heterocycles. The van der Waals surface area contributed by atoms with Crippen molar-refractivity contribution in [3.63, 3.8) is 0 Å². The Kier molecular flexibility index (Phi) is 5.69. The monoisotopic (exact) mass is 272 g/mol. The highest BCUT2D eigenvalue weighted by atomic mass is 19.3. The maximum atomic E-state index is 12.1. The highest BCUT2D eigenvalue weighted by Gasteiger charge is 2.11. The summed E-state index contributed by atoms with van der Waals surface area (Å²) in [4.78, 5) is 13.8. The first-order valence-electron chi connectivity index (χ1n) is 5.89. The van der Waals surface area contributed by atoms with E-state index < -0.39 is 6.61 Å². The molecule has 0 radical (unpaired) electrons. The van der Waals surface area contributed by atoms with Crippen molar-refractivity contribution in [3.05, 3.63) is 29.8 Å². The molecule has 19 heavy (non-hydrogen) atoms. The second-order valence-electron chi connectivity index (χ2n) is 4.43. The van der Waals surface area contributed by atoms with Crippen molar-refractivity contribution in [1.82, 2.24) is 10.2 Å². The highest BCUT2D eigenvalue weighted by Crippen LogP contribution is 2.15. The summed E-state index contributed by atoms with van der Waals surface area (Å²) in [5.74, 6) is -0.336. The quantitative estimate of drug-likeness (QED) is 0.861. The normalized spacial score (nSPS) is 12.6. The maximum absolute atomic E-state index is 12.1. The lowest BCUT2D eigenvalue weighted by Crippen LogP contribution is -2.38. The number of halogens is 2. The third-order valence-corrected chi connectivity index (χ3v) is 2.76. The Morgan fingerprint density at radius 3 is 2.68 bits per heavy atom. The first kappa shape index (κ1) is 15.4. The van der Waals surface area contributed by atoms with E-state index in [1.165, 1.54) is 18.2 Å². The smallest absolute Gasteiger partial charge is 0.387 e. The Morgan fingerprint density at radius 2 is 2.11 bits per heavy atom. The zero-order chi connectivity index (χ0) is 14.4. The van der Waals surface area contributed by atoms with E-state index in [2.05, 4.69) is 10.1 Å². The molecule has 0 fully saturated rings. The van der Waals surface area contributed by atoms with Gasteiger partial charge >= 0.3 is 6.61 Å². The van der Waals surface area contributed by atoms with Crippen LogP contribution in [0.5, 0.6) is 5.75 Å². The zero-order valence-corrected chi connectivity index (χ0v) is 11.2. The molecule has 1 amide bonds. The van der Waals surface area contributed by atoms with Crippen LogP contribution in [0.4, 0.5) is 8.78 Å². The third-order valence-electron chi connectivity index (χ3n) is 2.76. The fourth-order valence-corrected chi connectivity index (χ4v) is 1.34. The third kappa shape index (κ3) is 5.21. The fraction of sp³-hybridized carbons (Fsp3) is 0.462. The van der Waals surface area contributed by atoms with Gasteiger partial charge < -0.3 is 15.0 Å². The van der Waals surface area contributed by atoms with Crippen molar-refractivity contribution >= 4 is 5.91 Å². The molecule has 1 rings (SSSR count). The molecule has 0 saturated carbocycles. The molecule has 106 valence electrons. The van der Waals surface area contributed by atoms with E-state index in [0.717, 1.165) is 0 Å². The van der Waals surface area contributed by atoms with Gasteiger partial charge in [0, 0.05) is 18.2 Å². The minimum Gasteiger partial charge on any atom is -0.435 e. The summed E-state index contributed by atoms with van der Waals surface area (Å²) in [6.45, 7) is -0.449. The SMILES string of the molecule is C[C@H](CNC(=O)c1cccc(OC(F)F)c1)N(C)C. The van der Waals surface area contributed by atoms with Crippen LogP contribution in [0.2, 0.25) is 0 Å². The molecule has 0 unspecified atom stereocenters. The van der Waals surface area contributed by atoms with Gasteiger partial charge in [-0.1, -0.05) is 6.07 Å². The van der Waals surface area contributed by atoms with E-state index in [-0.39, 0.29) is 17.7 Å². The van der Waals surface area contributed by atoms with Gasteiger partial charge in [-0.25, -0.2) is 0 Å². The number of alkyl halides is 2. The number of carbonyl (C=O) groups is 1. The lowest BCUT2D eigenvalue weighted by atomic mass is 10.2. The van der Waals surface area contributed by atoms with Crippen LogP contribution in [0.3, 0.4) is 0 Å². The number of nitrogens with zero attached hydrogens (tertiary/aromatic N) is 1. The molecule has 1 atom stereocenters. The molecule has 0 spiro atoms. The number of benzene rings is 1. The average molecular weight is 272 g/mol. The van der Waals surface area contributed by atoms with Gasteiger partial charge in [0.25, 0.3) is 5.91 Å². The molecule has 1 N–H and O–H groups in total. The molecule has 0 aromatic heterocycles. The minimum absolute atomic E-state index is 0.0247. The van der Waals surface area contributed by atoms with E-state index in [0.29, 0.717) is 12.1 Å². The second-order valence-corrected chi connectivity index (χ2v) is 4.43. The number of hydrogen-bond acceptors (Lipinski definition) is 3. The van der Waals surface area contributed by atoms with Crippen LogP contribution in [0.15, 0.2) is 24.3 Å². The predicted octanol–water partition coefficient (Wildman–Crippen LogP) is 1.97. The van der Waals surface area contributed by atoms with E-state index in [4.69, 9.17) is 0 Å². The molecule has 0 aliphatic carbocycles. The summed E-state index contributed by atoms with van der Waals surface area (Å²) in [7, 11) is 3.82. The van der Waals surface area contributed by atoms with Crippen LogP contribution in [-0.4, -0.2) is 44.1 Å². The summed E-state index contributed by atoms with van der Waals surface area (Å²) in [6.07, 6.45) is 0. The molecule has 1 aromatic carbocycles. The number of ether oxygens (including phenoxy) is 1. The van der Waals surface area contributed by atoms with E-state index >= 15 is 0 Å². The average Bonchev–Trinajstić information content (AvgIpc) is 2.34. The molecule has 1 aromatic rings. The van der Waals surface area contributed by atoms with E-state index in [9.17, 15) is 13.6 Å². The van der Waals surface area contributed by atoms with Crippen LogP contribution < -0.4 is 10.1 Å². The molecule has 0 saturated heterocycles. The fourth-order valence-electron chi connectivity index (χ4n) is 1.34. The van der Waals surface area contributed by atoms with Gasteiger partial charge in [-0.2, -0.15) is 8.78 Å². The minimum atomic E-state index is -2.90. The number of rotatable bonds is 6. The largest absolute Gasteiger partial charge is 0.435 e. The lowest BCUT2D eigenvalue weighted by Gasteiger charge is -2.20. The Morgan fingerprint density at radius 1 is 1.42 bits per heavy atom. The van der Waals surface area contributed by atoms with Crippen LogP contribution in [0.25, 0.3) is 0 Å². The Hall–Kier alpha value is -1.69. The second kappa shape index (κ2) is 7.04. The molecule has 0 aliphatic rings. The standard InChI is InChI=1S/C13H18F2N2O2/c1-9(17(2)3)8-16-12(18)10-5-4-6-11(7-10)19-13(14)15/h4-7,9,13H,8H2,1-3H3,(H,16,18)/t9-/m1/s1. The van der Waals surface area contributed by atoms with Gasteiger partial charge in [0.05, 0.1) is 0 Å². The summed E-state index contributed by atoms with van der Waals surface area (Å²) < 4.78 is 28.4. The van der Waals surface area contributed by atoms with Crippen LogP contribution in [0.1, 0.15) is 17.3 Å². The number of nitrogens with one attached hydrogen (secondary N) is 1. The predicted molar refractivity (Wildman–Crippen MR) is 68.6 cm³/mol. The molecule has 0 bridgehead atoms. The van der Waals surface area contributed by atoms with Crippen LogP contribution in [0, 0.1) is 0 Å². The Balaban J connectivity index is 2.61. The van der Waals surface area contributed by atoms with Crippen LogP contribution >= 0.6 is 0 Å². The topological polar surface area (TPSA) is 41.6 Å². The van der Waals surface area contributed by atoms with Gasteiger partial charge in [-0.05, 0) is 39.2 Å². The van der Waals surface area contributed by atoms with Crippen molar-refractivity contribution in [2.24, 2.45) is 0 Å². The van der Waals surface area contributed by atoms with E-state index in [1.54, 1.807) is 6.07 Å². The maximum Gasteiger partial charge on any atom is 0.387 e. The first-order chi connectivity index (χ1) is 8.90. The first-order valence-corrected chi connectivity index (χ1v) is 5.89. The lowest BCUT2D eigenvalue weighted by molar-refractivity contribution is -0.0498. The summed E-state index contributed by atoms with van der Waals surface area (Å²) >= 11 is 0. The van der Waals surface area contributed by atoms with Crippen molar-refractivity contribution in [3.8, 4) is 5.75 Å². The number of amides is 1. The highest BCUT2D eigenvalue weighted by molar-refractivity contribution is 5.94. The Bertz CT molecular complexity index is 425. The Labute approximate surface area is 111 Å². The van der Waals surface area contributed by atoms with Crippen molar-refractivity contribution < 1.29 is 18.3 Å². The van der Waals surface area contributed by atoms with Crippen molar-refractivity contribution in [2.45, 2.75) is 19.6 Å². The van der Waals surface area contributed by atoms with Gasteiger partial charge in [0.2, 0.25) is 0 Å². The summed E-state index contributed by atoms with van der Waals surface area (Å²) in [6, 6.07) is 5.91. The number of likely N-dealkylation sites (N-methyl/N-ethyl adjacent to an activating group) is 1.